The highest BCUT2D eigenvalue weighted by atomic mass is 16.1. The first-order chi connectivity index (χ1) is 14.1. The molecular weight excluding hydrogens is 358 g/mol. The molecule has 0 aromatic heterocycles. The molecule has 0 bridgehead atoms. The van der Waals surface area contributed by atoms with Crippen LogP contribution in [0.5, 0.6) is 0 Å². The molecule has 3 aromatic rings. The largest absolute Gasteiger partial charge is 0.360 e. The van der Waals surface area contributed by atoms with Crippen molar-refractivity contribution in [3.05, 3.63) is 113 Å². The number of nitrogens with zero attached hydrogens (tertiary/aromatic N) is 1. The molecule has 144 valence electrons. The van der Waals surface area contributed by atoms with Gasteiger partial charge < -0.3 is 10.6 Å². The number of benzene rings is 3. The maximum Gasteiger partial charge on any atom is 0.264 e. The Morgan fingerprint density at radius 1 is 0.862 bits per heavy atom. The molecule has 29 heavy (non-hydrogen) atoms. The van der Waals surface area contributed by atoms with E-state index in [4.69, 9.17) is 0 Å². The van der Waals surface area contributed by atoms with Crippen molar-refractivity contribution in [2.75, 3.05) is 5.32 Å². The molecule has 3 rings (SSSR count). The maximum atomic E-state index is 12.9. The van der Waals surface area contributed by atoms with Crippen LogP contribution in [-0.4, -0.2) is 5.91 Å². The van der Waals surface area contributed by atoms with E-state index in [0.717, 1.165) is 27.9 Å². The Kier molecular flexibility index (Phi) is 6.44. The number of hydrogen-bond donors (Lipinski definition) is 2. The minimum atomic E-state index is -0.427. The van der Waals surface area contributed by atoms with Crippen LogP contribution >= 0.6 is 0 Å². The molecule has 0 atom stereocenters. The van der Waals surface area contributed by atoms with Gasteiger partial charge in [0.05, 0.1) is 6.04 Å². The number of amides is 1. The molecule has 0 saturated heterocycles. The highest BCUT2D eigenvalue weighted by Crippen LogP contribution is 2.23. The molecule has 0 aliphatic carbocycles. The summed E-state index contributed by atoms with van der Waals surface area (Å²) in [5.74, 6) is -0.427. The minimum Gasteiger partial charge on any atom is -0.360 e. The molecule has 0 aliphatic heterocycles. The lowest BCUT2D eigenvalue weighted by atomic mass is 9.98. The lowest BCUT2D eigenvalue weighted by Crippen LogP contribution is -2.30. The van der Waals surface area contributed by atoms with Crippen molar-refractivity contribution in [1.82, 2.24) is 5.32 Å². The van der Waals surface area contributed by atoms with Gasteiger partial charge in [0, 0.05) is 11.9 Å². The zero-order chi connectivity index (χ0) is 20.6. The Labute approximate surface area is 171 Å². The molecule has 0 saturated carbocycles. The normalized spacial score (nSPS) is 11.0. The molecule has 0 radical (unpaired) electrons. The van der Waals surface area contributed by atoms with Gasteiger partial charge >= 0.3 is 0 Å². The van der Waals surface area contributed by atoms with E-state index in [0.29, 0.717) is 0 Å². The van der Waals surface area contributed by atoms with E-state index in [1.165, 1.54) is 6.20 Å². The summed E-state index contributed by atoms with van der Waals surface area (Å²) in [4.78, 5) is 12.9. The van der Waals surface area contributed by atoms with Gasteiger partial charge in [-0.1, -0.05) is 78.9 Å². The summed E-state index contributed by atoms with van der Waals surface area (Å²) in [6.45, 7) is 3.96. The summed E-state index contributed by atoms with van der Waals surface area (Å²) in [6, 6.07) is 27.0. The van der Waals surface area contributed by atoms with Crippen LogP contribution in [0, 0.1) is 25.2 Å². The first-order valence-electron chi connectivity index (χ1n) is 9.44. The van der Waals surface area contributed by atoms with Crippen LogP contribution in [-0.2, 0) is 4.79 Å². The third kappa shape index (κ3) is 4.91. The van der Waals surface area contributed by atoms with Crippen LogP contribution in [0.1, 0.15) is 28.3 Å². The van der Waals surface area contributed by atoms with Crippen LogP contribution < -0.4 is 10.6 Å². The third-order valence-electron chi connectivity index (χ3n) is 4.75. The number of carbonyl (C=O) groups is 1. The van der Waals surface area contributed by atoms with E-state index in [-0.39, 0.29) is 11.6 Å². The van der Waals surface area contributed by atoms with Gasteiger partial charge in [0.2, 0.25) is 0 Å². The lowest BCUT2D eigenvalue weighted by Gasteiger charge is -2.20. The highest BCUT2D eigenvalue weighted by molar-refractivity contribution is 5.98. The van der Waals surface area contributed by atoms with E-state index in [9.17, 15) is 10.1 Å². The fourth-order valence-corrected chi connectivity index (χ4v) is 3.19. The molecule has 3 aromatic carbocycles. The number of aryl methyl sites for hydroxylation is 2. The molecule has 0 unspecified atom stereocenters. The van der Waals surface area contributed by atoms with Crippen LogP contribution in [0.2, 0.25) is 0 Å². The summed E-state index contributed by atoms with van der Waals surface area (Å²) < 4.78 is 0. The van der Waals surface area contributed by atoms with Crippen LogP contribution in [0.15, 0.2) is 90.6 Å². The van der Waals surface area contributed by atoms with E-state index >= 15 is 0 Å². The van der Waals surface area contributed by atoms with Gasteiger partial charge in [-0.15, -0.1) is 0 Å². The number of carbonyl (C=O) groups excluding carboxylic acids is 1. The molecule has 0 fully saturated rings. The van der Waals surface area contributed by atoms with Gasteiger partial charge in [-0.25, -0.2) is 0 Å². The minimum absolute atomic E-state index is 0.0181. The van der Waals surface area contributed by atoms with Crippen molar-refractivity contribution >= 4 is 11.6 Å². The monoisotopic (exact) mass is 381 g/mol. The second-order valence-electron chi connectivity index (χ2n) is 6.81. The van der Waals surface area contributed by atoms with Gasteiger partial charge in [0.25, 0.3) is 5.91 Å². The Morgan fingerprint density at radius 3 is 1.86 bits per heavy atom. The fraction of sp³-hybridized carbons (Fsp3) is 0.120. The van der Waals surface area contributed by atoms with Crippen molar-refractivity contribution in [2.24, 2.45) is 0 Å². The molecule has 0 spiro atoms. The zero-order valence-corrected chi connectivity index (χ0v) is 16.5. The Hall–Kier alpha value is -3.84. The average molecular weight is 381 g/mol. The standard InChI is InChI=1S/C25H23N3O/c1-18-10-9-11-19(2)23(18)27-17-22(16-26)25(29)28-24(20-12-5-3-6-13-20)21-14-7-4-8-15-21/h3-15,17,24,27H,1-2H3,(H,28,29)/b22-17-. The van der Waals surface area contributed by atoms with Gasteiger partial charge in [0.15, 0.2) is 0 Å². The Morgan fingerprint density at radius 2 is 1.38 bits per heavy atom. The molecule has 4 heteroatoms. The van der Waals surface area contributed by atoms with Gasteiger partial charge in [0.1, 0.15) is 11.6 Å². The van der Waals surface area contributed by atoms with Crippen LogP contribution in [0.3, 0.4) is 0 Å². The highest BCUT2D eigenvalue weighted by Gasteiger charge is 2.19. The second kappa shape index (κ2) is 9.38. The van der Waals surface area contributed by atoms with E-state index in [2.05, 4.69) is 10.6 Å². The lowest BCUT2D eigenvalue weighted by molar-refractivity contribution is -0.117. The molecule has 4 nitrogen and oxygen atoms in total. The summed E-state index contributed by atoms with van der Waals surface area (Å²) in [6.07, 6.45) is 1.47. The number of hydrogen-bond acceptors (Lipinski definition) is 3. The first kappa shape index (κ1) is 19.9. The maximum absolute atomic E-state index is 12.9. The Balaban J connectivity index is 1.85. The summed E-state index contributed by atoms with van der Waals surface area (Å²) >= 11 is 0. The molecule has 0 heterocycles. The first-order valence-corrected chi connectivity index (χ1v) is 9.44. The Bertz CT molecular complexity index is 991. The summed E-state index contributed by atoms with van der Waals surface area (Å²) in [7, 11) is 0. The van der Waals surface area contributed by atoms with Crippen LogP contribution in [0.4, 0.5) is 5.69 Å². The van der Waals surface area contributed by atoms with Crippen molar-refractivity contribution < 1.29 is 4.79 Å². The third-order valence-corrected chi connectivity index (χ3v) is 4.75. The zero-order valence-electron chi connectivity index (χ0n) is 16.5. The van der Waals surface area contributed by atoms with Crippen molar-refractivity contribution in [3.8, 4) is 6.07 Å². The smallest absolute Gasteiger partial charge is 0.264 e. The van der Waals surface area contributed by atoms with Crippen LogP contribution in [0.25, 0.3) is 0 Å². The molecule has 0 aliphatic rings. The van der Waals surface area contributed by atoms with Crippen molar-refractivity contribution in [2.45, 2.75) is 19.9 Å². The van der Waals surface area contributed by atoms with E-state index in [1.54, 1.807) is 0 Å². The van der Waals surface area contributed by atoms with Gasteiger partial charge in [-0.2, -0.15) is 5.26 Å². The number of para-hydroxylation sites is 1. The topological polar surface area (TPSA) is 64.9 Å². The van der Waals surface area contributed by atoms with E-state index < -0.39 is 5.91 Å². The quantitative estimate of drug-likeness (QED) is 0.465. The molecule has 1 amide bonds. The predicted octanol–water partition coefficient (Wildman–Crippen LogP) is 5.03. The summed E-state index contributed by atoms with van der Waals surface area (Å²) in [5.41, 5.74) is 4.91. The SMILES string of the molecule is Cc1cccc(C)c1N/C=C(/C#N)C(=O)NC(c1ccccc1)c1ccccc1. The average Bonchev–Trinajstić information content (AvgIpc) is 2.75. The number of anilines is 1. The predicted molar refractivity (Wildman–Crippen MR) is 116 cm³/mol. The number of nitriles is 1. The summed E-state index contributed by atoms with van der Waals surface area (Å²) in [5, 5.41) is 15.7. The van der Waals surface area contributed by atoms with Crippen molar-refractivity contribution in [1.29, 1.82) is 5.26 Å². The van der Waals surface area contributed by atoms with Gasteiger partial charge in [-0.3, -0.25) is 4.79 Å². The fourth-order valence-electron chi connectivity index (χ4n) is 3.19. The molecule has 2 N–H and O–H groups in total. The van der Waals surface area contributed by atoms with E-state index in [1.807, 2.05) is 98.8 Å². The number of nitrogens with one attached hydrogen (secondary N) is 2. The second-order valence-corrected chi connectivity index (χ2v) is 6.81. The van der Waals surface area contributed by atoms with Gasteiger partial charge in [-0.05, 0) is 36.1 Å². The number of rotatable bonds is 6. The van der Waals surface area contributed by atoms with Crippen molar-refractivity contribution in [3.63, 3.8) is 0 Å². The molecular formula is C25H23N3O.